The van der Waals surface area contributed by atoms with Crippen molar-refractivity contribution in [2.75, 3.05) is 21.1 Å². The fourth-order valence-electron chi connectivity index (χ4n) is 0.407. The molecule has 0 unspecified atom stereocenters. The number of amides is 1. The standard InChI is InChI=1S/C6H11NO.C3H9N/c1-3-4-5(2)6(7)8;1-4(2)3/h4H,3H2,1-2H3,(H2,7,8);1-3H3/b5-4+;. The second-order valence-electron chi connectivity index (χ2n) is 3.00. The number of allylic oxidation sites excluding steroid dienone is 1. The maximum atomic E-state index is 10.2. The SMILES string of the molecule is CC/C=C(\C)C(N)=O.CN(C)C. The summed E-state index contributed by atoms with van der Waals surface area (Å²) >= 11 is 0. The lowest BCUT2D eigenvalue weighted by Gasteiger charge is -1.90. The monoisotopic (exact) mass is 172 g/mol. The highest BCUT2D eigenvalue weighted by atomic mass is 16.1. The first-order chi connectivity index (χ1) is 5.41. The van der Waals surface area contributed by atoms with E-state index in [1.165, 1.54) is 0 Å². The lowest BCUT2D eigenvalue weighted by molar-refractivity contribution is -0.114. The summed E-state index contributed by atoms with van der Waals surface area (Å²) < 4.78 is 0. The van der Waals surface area contributed by atoms with Crippen LogP contribution in [0.2, 0.25) is 0 Å². The van der Waals surface area contributed by atoms with Crippen LogP contribution in [0.1, 0.15) is 20.3 Å². The highest BCUT2D eigenvalue weighted by molar-refractivity contribution is 5.91. The Labute approximate surface area is 75.2 Å². The minimum atomic E-state index is -0.327. The zero-order chi connectivity index (χ0) is 10.1. The molecule has 0 saturated heterocycles. The normalized spacial score (nSPS) is 10.7. The van der Waals surface area contributed by atoms with Crippen LogP contribution in [0.15, 0.2) is 11.6 Å². The van der Waals surface area contributed by atoms with E-state index < -0.39 is 0 Å². The highest BCUT2D eigenvalue weighted by Crippen LogP contribution is 1.91. The molecule has 3 heteroatoms. The van der Waals surface area contributed by atoms with Crippen LogP contribution < -0.4 is 5.73 Å². The number of hydrogen-bond acceptors (Lipinski definition) is 2. The average molecular weight is 172 g/mol. The quantitative estimate of drug-likeness (QED) is 0.632. The fourth-order valence-corrected chi connectivity index (χ4v) is 0.407. The Morgan fingerprint density at radius 1 is 1.42 bits per heavy atom. The number of primary amides is 1. The largest absolute Gasteiger partial charge is 0.366 e. The molecule has 1 amide bonds. The third-order valence-corrected chi connectivity index (χ3v) is 0.899. The summed E-state index contributed by atoms with van der Waals surface area (Å²) in [6, 6.07) is 0. The van der Waals surface area contributed by atoms with E-state index in [-0.39, 0.29) is 5.91 Å². The first kappa shape index (κ1) is 13.7. The first-order valence-corrected chi connectivity index (χ1v) is 3.99. The van der Waals surface area contributed by atoms with E-state index in [1.54, 1.807) is 6.92 Å². The van der Waals surface area contributed by atoms with Crippen molar-refractivity contribution < 1.29 is 4.79 Å². The van der Waals surface area contributed by atoms with Gasteiger partial charge in [-0.2, -0.15) is 0 Å². The summed E-state index contributed by atoms with van der Waals surface area (Å²) in [5, 5.41) is 0. The Morgan fingerprint density at radius 3 is 1.83 bits per heavy atom. The van der Waals surface area contributed by atoms with Crippen molar-refractivity contribution in [1.82, 2.24) is 4.90 Å². The van der Waals surface area contributed by atoms with Gasteiger partial charge in [-0.25, -0.2) is 0 Å². The molecule has 0 aromatic heterocycles. The zero-order valence-corrected chi connectivity index (χ0v) is 8.72. The van der Waals surface area contributed by atoms with E-state index in [2.05, 4.69) is 0 Å². The minimum absolute atomic E-state index is 0.327. The van der Waals surface area contributed by atoms with Gasteiger partial charge in [0.15, 0.2) is 0 Å². The van der Waals surface area contributed by atoms with Crippen molar-refractivity contribution in [2.24, 2.45) is 5.73 Å². The third kappa shape index (κ3) is 16.1. The fraction of sp³-hybridized carbons (Fsp3) is 0.667. The maximum absolute atomic E-state index is 10.2. The second kappa shape index (κ2) is 8.27. The summed E-state index contributed by atoms with van der Waals surface area (Å²) in [6.07, 6.45) is 2.68. The van der Waals surface area contributed by atoms with Crippen LogP contribution in [0.25, 0.3) is 0 Å². The number of hydrogen-bond donors (Lipinski definition) is 1. The van der Waals surface area contributed by atoms with Gasteiger partial charge in [0, 0.05) is 5.57 Å². The Morgan fingerprint density at radius 2 is 1.75 bits per heavy atom. The predicted octanol–water partition coefficient (Wildman–Crippen LogP) is 1.01. The molecular formula is C9H20N2O. The molecule has 0 aromatic rings. The van der Waals surface area contributed by atoms with Gasteiger partial charge < -0.3 is 10.6 Å². The van der Waals surface area contributed by atoms with Gasteiger partial charge in [0.25, 0.3) is 0 Å². The second-order valence-corrected chi connectivity index (χ2v) is 3.00. The molecule has 2 N–H and O–H groups in total. The lowest BCUT2D eigenvalue weighted by Crippen LogP contribution is -2.11. The molecule has 0 aliphatic heterocycles. The highest BCUT2D eigenvalue weighted by Gasteiger charge is 1.91. The van der Waals surface area contributed by atoms with E-state index in [9.17, 15) is 4.79 Å². The summed E-state index contributed by atoms with van der Waals surface area (Å²) in [6.45, 7) is 3.68. The van der Waals surface area contributed by atoms with Crippen LogP contribution >= 0.6 is 0 Å². The molecule has 0 heterocycles. The van der Waals surface area contributed by atoms with Crippen LogP contribution in [-0.4, -0.2) is 32.0 Å². The predicted molar refractivity (Wildman–Crippen MR) is 52.9 cm³/mol. The molecule has 0 aliphatic rings. The van der Waals surface area contributed by atoms with Crippen molar-refractivity contribution in [1.29, 1.82) is 0 Å². The average Bonchev–Trinajstić information content (AvgIpc) is 1.86. The molecule has 3 nitrogen and oxygen atoms in total. The molecule has 0 rings (SSSR count). The van der Waals surface area contributed by atoms with Crippen LogP contribution in [0.5, 0.6) is 0 Å². The molecule has 0 spiro atoms. The number of rotatable bonds is 2. The number of carbonyl (C=O) groups is 1. The van der Waals surface area contributed by atoms with Crippen molar-refractivity contribution in [3.05, 3.63) is 11.6 Å². The van der Waals surface area contributed by atoms with E-state index in [1.807, 2.05) is 39.0 Å². The Bertz CT molecular complexity index is 148. The Balaban J connectivity index is 0. The molecule has 12 heavy (non-hydrogen) atoms. The third-order valence-electron chi connectivity index (χ3n) is 0.899. The molecule has 0 aliphatic carbocycles. The number of nitrogens with zero attached hydrogens (tertiary/aromatic N) is 1. The molecule has 0 atom stereocenters. The first-order valence-electron chi connectivity index (χ1n) is 3.99. The van der Waals surface area contributed by atoms with Gasteiger partial charge in [-0.1, -0.05) is 13.0 Å². The van der Waals surface area contributed by atoms with Gasteiger partial charge in [-0.15, -0.1) is 0 Å². The number of nitrogens with two attached hydrogens (primary N) is 1. The zero-order valence-electron chi connectivity index (χ0n) is 8.72. The van der Waals surface area contributed by atoms with Crippen LogP contribution in [-0.2, 0) is 4.79 Å². The molecule has 0 radical (unpaired) electrons. The van der Waals surface area contributed by atoms with E-state index in [4.69, 9.17) is 5.73 Å². The summed E-state index contributed by atoms with van der Waals surface area (Å²) in [7, 11) is 6.00. The number of carbonyl (C=O) groups excluding carboxylic acids is 1. The van der Waals surface area contributed by atoms with Gasteiger partial charge >= 0.3 is 0 Å². The molecule has 0 fully saturated rings. The van der Waals surface area contributed by atoms with Gasteiger partial charge in [0.2, 0.25) is 5.91 Å². The van der Waals surface area contributed by atoms with Gasteiger partial charge in [-0.05, 0) is 34.5 Å². The van der Waals surface area contributed by atoms with Crippen molar-refractivity contribution >= 4 is 5.91 Å². The van der Waals surface area contributed by atoms with Crippen LogP contribution in [0.3, 0.4) is 0 Å². The maximum Gasteiger partial charge on any atom is 0.244 e. The van der Waals surface area contributed by atoms with E-state index >= 15 is 0 Å². The minimum Gasteiger partial charge on any atom is -0.366 e. The van der Waals surface area contributed by atoms with Crippen LogP contribution in [0, 0.1) is 0 Å². The molecule has 0 saturated carbocycles. The molecule has 72 valence electrons. The van der Waals surface area contributed by atoms with Crippen LogP contribution in [0.4, 0.5) is 0 Å². The van der Waals surface area contributed by atoms with Gasteiger partial charge in [-0.3, -0.25) is 4.79 Å². The van der Waals surface area contributed by atoms with Gasteiger partial charge in [0.1, 0.15) is 0 Å². The topological polar surface area (TPSA) is 46.3 Å². The lowest BCUT2D eigenvalue weighted by atomic mass is 10.2. The molecular weight excluding hydrogens is 152 g/mol. The van der Waals surface area contributed by atoms with Gasteiger partial charge in [0.05, 0.1) is 0 Å². The van der Waals surface area contributed by atoms with E-state index in [0.717, 1.165) is 6.42 Å². The Kier molecular flexibility index (Phi) is 9.47. The van der Waals surface area contributed by atoms with Crippen molar-refractivity contribution in [3.63, 3.8) is 0 Å². The Hall–Kier alpha value is -0.830. The summed E-state index contributed by atoms with van der Waals surface area (Å²) in [4.78, 5) is 12.2. The summed E-state index contributed by atoms with van der Waals surface area (Å²) in [5.74, 6) is -0.327. The summed E-state index contributed by atoms with van der Waals surface area (Å²) in [5.41, 5.74) is 5.56. The smallest absolute Gasteiger partial charge is 0.244 e. The van der Waals surface area contributed by atoms with Crippen molar-refractivity contribution in [2.45, 2.75) is 20.3 Å². The molecule has 0 aromatic carbocycles. The van der Waals surface area contributed by atoms with Crippen molar-refractivity contribution in [3.8, 4) is 0 Å². The molecule has 0 bridgehead atoms. The van der Waals surface area contributed by atoms with E-state index in [0.29, 0.717) is 5.57 Å².